The Bertz CT molecular complexity index is 869. The Labute approximate surface area is 179 Å². The average Bonchev–Trinajstić information content (AvgIpc) is 2.77. The lowest BCUT2D eigenvalue weighted by molar-refractivity contribution is -0.0229. The summed E-state index contributed by atoms with van der Waals surface area (Å²) in [5.74, 6) is 7.20. The molecule has 0 spiro atoms. The number of rotatable bonds is 3. The number of hydrogen-bond donors (Lipinski definition) is 1. The maximum atomic E-state index is 11.0. The van der Waals surface area contributed by atoms with E-state index in [4.69, 9.17) is 11.6 Å². The van der Waals surface area contributed by atoms with Crippen molar-refractivity contribution < 1.29 is 5.11 Å². The Morgan fingerprint density at radius 1 is 1.00 bits per heavy atom. The van der Waals surface area contributed by atoms with Crippen LogP contribution in [-0.2, 0) is 5.60 Å². The minimum absolute atomic E-state index is 0.620. The Morgan fingerprint density at radius 3 is 2.41 bits per heavy atom. The van der Waals surface area contributed by atoms with Gasteiger partial charge in [-0.25, -0.2) is 0 Å². The Hall–Kier alpha value is -1.79. The Morgan fingerprint density at radius 2 is 1.72 bits per heavy atom. The minimum atomic E-state index is -0.701. The van der Waals surface area contributed by atoms with Crippen molar-refractivity contribution in [1.82, 2.24) is 4.90 Å². The van der Waals surface area contributed by atoms with Crippen molar-refractivity contribution in [3.8, 4) is 11.8 Å². The van der Waals surface area contributed by atoms with Gasteiger partial charge in [-0.1, -0.05) is 79.1 Å². The molecule has 152 valence electrons. The van der Waals surface area contributed by atoms with E-state index in [1.807, 2.05) is 36.4 Å². The zero-order chi connectivity index (χ0) is 20.1. The van der Waals surface area contributed by atoms with Gasteiger partial charge in [0.05, 0.1) is 12.1 Å². The predicted molar refractivity (Wildman–Crippen MR) is 120 cm³/mol. The molecule has 3 heteroatoms. The molecule has 1 N–H and O–H groups in total. The van der Waals surface area contributed by atoms with Crippen molar-refractivity contribution in [2.24, 2.45) is 0 Å². The van der Waals surface area contributed by atoms with Crippen molar-refractivity contribution in [2.45, 2.75) is 56.5 Å². The van der Waals surface area contributed by atoms with Crippen LogP contribution in [0.15, 0.2) is 48.5 Å². The van der Waals surface area contributed by atoms with E-state index in [0.717, 1.165) is 48.6 Å². The lowest BCUT2D eigenvalue weighted by Crippen LogP contribution is -2.42. The largest absolute Gasteiger partial charge is 0.385 e. The molecule has 0 radical (unpaired) electrons. The molecule has 0 amide bonds. The van der Waals surface area contributed by atoms with Crippen LogP contribution in [0.1, 0.15) is 67.6 Å². The molecule has 2 fully saturated rings. The molecule has 0 unspecified atom stereocenters. The first-order valence-electron chi connectivity index (χ1n) is 10.9. The standard InChI is InChI=1S/C26H30ClNO/c27-25-20-21(13-14-24(25)22-9-3-1-4-10-22)8-7-17-28-18-15-26(29,16-19-28)23-11-5-2-6-12-23/h2,5-6,11-14,20,22,29H,1,3-4,9-10,15-19H2. The van der Waals surface area contributed by atoms with Crippen LogP contribution in [0, 0.1) is 11.8 Å². The third-order valence-electron chi connectivity index (χ3n) is 6.58. The van der Waals surface area contributed by atoms with Crippen molar-refractivity contribution in [2.75, 3.05) is 19.6 Å². The number of piperidine rings is 1. The Balaban J connectivity index is 1.32. The predicted octanol–water partition coefficient (Wildman–Crippen LogP) is 5.72. The van der Waals surface area contributed by atoms with Crippen molar-refractivity contribution in [3.63, 3.8) is 0 Å². The molecule has 1 aliphatic heterocycles. The SMILES string of the molecule is OC1(c2ccccc2)CCN(CC#Cc2ccc(C3CCCCC3)c(Cl)c2)CC1. The maximum absolute atomic E-state index is 11.0. The fourth-order valence-electron chi connectivity index (χ4n) is 4.72. The fourth-order valence-corrected chi connectivity index (χ4v) is 5.06. The van der Waals surface area contributed by atoms with Crippen LogP contribution in [0.4, 0.5) is 0 Å². The van der Waals surface area contributed by atoms with Gasteiger partial charge < -0.3 is 5.11 Å². The van der Waals surface area contributed by atoms with Crippen LogP contribution in [0.3, 0.4) is 0 Å². The van der Waals surface area contributed by atoms with Gasteiger partial charge in [0.2, 0.25) is 0 Å². The van der Waals surface area contributed by atoms with Gasteiger partial charge in [-0.2, -0.15) is 0 Å². The number of benzene rings is 2. The van der Waals surface area contributed by atoms with Gasteiger partial charge in [-0.3, -0.25) is 4.90 Å². The second-order valence-corrected chi connectivity index (χ2v) is 8.95. The highest BCUT2D eigenvalue weighted by atomic mass is 35.5. The monoisotopic (exact) mass is 407 g/mol. The average molecular weight is 408 g/mol. The van der Waals surface area contributed by atoms with E-state index < -0.39 is 5.60 Å². The van der Waals surface area contributed by atoms with Crippen LogP contribution < -0.4 is 0 Å². The van der Waals surface area contributed by atoms with Crippen LogP contribution in [0.25, 0.3) is 0 Å². The molecule has 2 nitrogen and oxygen atoms in total. The first-order chi connectivity index (χ1) is 14.1. The summed E-state index contributed by atoms with van der Waals surface area (Å²) in [7, 11) is 0. The minimum Gasteiger partial charge on any atom is -0.385 e. The lowest BCUT2D eigenvalue weighted by atomic mass is 9.84. The molecular formula is C26H30ClNO. The normalized spacial score (nSPS) is 20.1. The highest BCUT2D eigenvalue weighted by Crippen LogP contribution is 2.36. The molecule has 0 bridgehead atoms. The third kappa shape index (κ3) is 5.04. The van der Waals surface area contributed by atoms with Gasteiger partial charge >= 0.3 is 0 Å². The molecule has 1 heterocycles. The number of nitrogens with zero attached hydrogens (tertiary/aromatic N) is 1. The van der Waals surface area contributed by atoms with Gasteiger partial charge in [0.1, 0.15) is 0 Å². The maximum Gasteiger partial charge on any atom is 0.0920 e. The van der Waals surface area contributed by atoms with E-state index in [1.165, 1.54) is 37.7 Å². The summed E-state index contributed by atoms with van der Waals surface area (Å²) in [5, 5.41) is 11.8. The lowest BCUT2D eigenvalue weighted by Gasteiger charge is -2.37. The summed E-state index contributed by atoms with van der Waals surface area (Å²) in [6, 6.07) is 16.4. The first kappa shape index (κ1) is 20.5. The molecule has 29 heavy (non-hydrogen) atoms. The summed E-state index contributed by atoms with van der Waals surface area (Å²) in [4.78, 5) is 2.32. The zero-order valence-corrected chi connectivity index (χ0v) is 17.8. The molecule has 1 aliphatic carbocycles. The molecule has 1 saturated heterocycles. The summed E-state index contributed by atoms with van der Waals surface area (Å²) < 4.78 is 0. The molecule has 2 aliphatic rings. The highest BCUT2D eigenvalue weighted by Gasteiger charge is 2.33. The number of hydrogen-bond acceptors (Lipinski definition) is 2. The van der Waals surface area contributed by atoms with Crippen LogP contribution in [-0.4, -0.2) is 29.6 Å². The van der Waals surface area contributed by atoms with E-state index in [2.05, 4.69) is 28.9 Å². The molecule has 0 aromatic heterocycles. The third-order valence-corrected chi connectivity index (χ3v) is 6.90. The highest BCUT2D eigenvalue weighted by molar-refractivity contribution is 6.31. The second kappa shape index (κ2) is 9.35. The van der Waals surface area contributed by atoms with Gasteiger partial charge in [0, 0.05) is 23.7 Å². The summed E-state index contributed by atoms with van der Waals surface area (Å²) in [6.07, 6.45) is 8.01. The van der Waals surface area contributed by atoms with Crippen LogP contribution in [0.2, 0.25) is 5.02 Å². The van der Waals surface area contributed by atoms with Gasteiger partial charge in [0.15, 0.2) is 0 Å². The molecule has 0 atom stereocenters. The van der Waals surface area contributed by atoms with E-state index in [9.17, 15) is 5.11 Å². The molecule has 2 aromatic rings. The number of likely N-dealkylation sites (tertiary alicyclic amines) is 1. The topological polar surface area (TPSA) is 23.5 Å². The van der Waals surface area contributed by atoms with Crippen molar-refractivity contribution in [3.05, 3.63) is 70.2 Å². The summed E-state index contributed by atoms with van der Waals surface area (Å²) in [5.41, 5.74) is 2.62. The second-order valence-electron chi connectivity index (χ2n) is 8.55. The van der Waals surface area contributed by atoms with Crippen molar-refractivity contribution in [1.29, 1.82) is 0 Å². The Kier molecular flexibility index (Phi) is 6.60. The fraction of sp³-hybridized carbons (Fsp3) is 0.462. The van der Waals surface area contributed by atoms with Crippen molar-refractivity contribution >= 4 is 11.6 Å². The summed E-state index contributed by atoms with van der Waals surface area (Å²) in [6.45, 7) is 2.45. The quantitative estimate of drug-likeness (QED) is 0.657. The number of halogens is 1. The van der Waals surface area contributed by atoms with E-state index in [-0.39, 0.29) is 0 Å². The van der Waals surface area contributed by atoms with Gasteiger partial charge in [-0.05, 0) is 54.9 Å². The molecule has 4 rings (SSSR count). The van der Waals surface area contributed by atoms with E-state index >= 15 is 0 Å². The molecule has 1 saturated carbocycles. The summed E-state index contributed by atoms with van der Waals surface area (Å²) >= 11 is 6.57. The van der Waals surface area contributed by atoms with Crippen LogP contribution in [0.5, 0.6) is 0 Å². The van der Waals surface area contributed by atoms with Gasteiger partial charge in [0.25, 0.3) is 0 Å². The first-order valence-corrected chi connectivity index (χ1v) is 11.3. The molecular weight excluding hydrogens is 378 g/mol. The zero-order valence-electron chi connectivity index (χ0n) is 17.0. The van der Waals surface area contributed by atoms with E-state index in [0.29, 0.717) is 5.92 Å². The smallest absolute Gasteiger partial charge is 0.0920 e. The van der Waals surface area contributed by atoms with Gasteiger partial charge in [-0.15, -0.1) is 0 Å². The number of aliphatic hydroxyl groups is 1. The van der Waals surface area contributed by atoms with E-state index in [1.54, 1.807) is 0 Å². The van der Waals surface area contributed by atoms with Crippen LogP contribution >= 0.6 is 11.6 Å². The molecule has 2 aromatic carbocycles.